The van der Waals surface area contributed by atoms with Crippen molar-refractivity contribution in [2.24, 2.45) is 0 Å². The molecule has 1 nitrogen and oxygen atoms in total. The van der Waals surface area contributed by atoms with Crippen LogP contribution < -0.4 is 5.32 Å². The summed E-state index contributed by atoms with van der Waals surface area (Å²) in [5.74, 6) is 0. The fourth-order valence-corrected chi connectivity index (χ4v) is 2.56. The van der Waals surface area contributed by atoms with E-state index >= 15 is 0 Å². The van der Waals surface area contributed by atoms with Gasteiger partial charge >= 0.3 is 0 Å². The topological polar surface area (TPSA) is 12.0 Å². The molecule has 0 fully saturated rings. The Balaban J connectivity index is 2.20. The second-order valence-corrected chi connectivity index (χ2v) is 5.77. The van der Waals surface area contributed by atoms with Crippen molar-refractivity contribution < 1.29 is 0 Å². The summed E-state index contributed by atoms with van der Waals surface area (Å²) in [5, 5.41) is 3.42. The minimum Gasteiger partial charge on any atom is -0.313 e. The molecular formula is C16H18IN. The lowest BCUT2D eigenvalue weighted by Crippen LogP contribution is -2.19. The van der Waals surface area contributed by atoms with Gasteiger partial charge in [-0.05, 0) is 71.8 Å². The van der Waals surface area contributed by atoms with Crippen LogP contribution in [-0.2, 0) is 6.42 Å². The highest BCUT2D eigenvalue weighted by atomic mass is 127. The molecule has 1 N–H and O–H groups in total. The van der Waals surface area contributed by atoms with E-state index in [9.17, 15) is 0 Å². The van der Waals surface area contributed by atoms with Crippen molar-refractivity contribution in [2.45, 2.75) is 19.4 Å². The first-order valence-corrected chi connectivity index (χ1v) is 7.26. The summed E-state index contributed by atoms with van der Waals surface area (Å²) in [5.41, 5.74) is 4.11. The van der Waals surface area contributed by atoms with E-state index in [4.69, 9.17) is 0 Å². The summed E-state index contributed by atoms with van der Waals surface area (Å²) >= 11 is 2.34. The molecule has 0 aliphatic rings. The molecule has 18 heavy (non-hydrogen) atoms. The Kier molecular flexibility index (Phi) is 4.78. The average Bonchev–Trinajstić information content (AvgIpc) is 2.39. The molecule has 2 heteroatoms. The molecule has 0 aromatic heterocycles. The van der Waals surface area contributed by atoms with Crippen molar-refractivity contribution in [2.75, 3.05) is 7.05 Å². The lowest BCUT2D eigenvalue weighted by atomic mass is 9.95. The maximum Gasteiger partial charge on any atom is 0.0361 e. The molecule has 0 spiro atoms. The zero-order valence-corrected chi connectivity index (χ0v) is 12.9. The van der Waals surface area contributed by atoms with Gasteiger partial charge < -0.3 is 5.32 Å². The van der Waals surface area contributed by atoms with Gasteiger partial charge in [-0.1, -0.05) is 36.4 Å². The minimum absolute atomic E-state index is 0.381. The molecule has 94 valence electrons. The molecule has 2 aromatic carbocycles. The van der Waals surface area contributed by atoms with Crippen LogP contribution in [0.25, 0.3) is 0 Å². The van der Waals surface area contributed by atoms with Crippen LogP contribution in [-0.4, -0.2) is 7.05 Å². The standard InChI is InChI=1S/C16H18IN/c1-12-5-3-4-6-15(12)16(18-2)11-13-7-9-14(17)10-8-13/h3-10,16,18H,11H2,1-2H3. The van der Waals surface area contributed by atoms with E-state index in [1.54, 1.807) is 0 Å². The second-order valence-electron chi connectivity index (χ2n) is 4.53. The van der Waals surface area contributed by atoms with Crippen LogP contribution in [0.3, 0.4) is 0 Å². The van der Waals surface area contributed by atoms with Gasteiger partial charge in [0.1, 0.15) is 0 Å². The molecule has 2 aromatic rings. The number of likely N-dealkylation sites (N-methyl/N-ethyl adjacent to an activating group) is 1. The zero-order chi connectivity index (χ0) is 13.0. The Morgan fingerprint density at radius 3 is 2.33 bits per heavy atom. The fraction of sp³-hybridized carbons (Fsp3) is 0.250. The number of rotatable bonds is 4. The van der Waals surface area contributed by atoms with Gasteiger partial charge in [-0.15, -0.1) is 0 Å². The molecule has 1 atom stereocenters. The van der Waals surface area contributed by atoms with Gasteiger partial charge in [0.25, 0.3) is 0 Å². The summed E-state index contributed by atoms with van der Waals surface area (Å²) in [4.78, 5) is 0. The Bertz CT molecular complexity index is 505. The molecule has 0 heterocycles. The zero-order valence-electron chi connectivity index (χ0n) is 10.8. The predicted molar refractivity (Wildman–Crippen MR) is 85.8 cm³/mol. The highest BCUT2D eigenvalue weighted by Crippen LogP contribution is 2.21. The molecule has 0 radical (unpaired) electrons. The highest BCUT2D eigenvalue weighted by Gasteiger charge is 2.11. The molecule has 0 bridgehead atoms. The third-order valence-corrected chi connectivity index (χ3v) is 3.98. The third-order valence-electron chi connectivity index (χ3n) is 3.27. The third kappa shape index (κ3) is 3.33. The Labute approximate surface area is 123 Å². The Morgan fingerprint density at radius 1 is 1.06 bits per heavy atom. The van der Waals surface area contributed by atoms with Crippen molar-refractivity contribution in [3.05, 3.63) is 68.8 Å². The summed E-state index contributed by atoms with van der Waals surface area (Å²) in [6, 6.07) is 17.7. The predicted octanol–water partition coefficient (Wildman–Crippen LogP) is 4.10. The number of hydrogen-bond acceptors (Lipinski definition) is 1. The summed E-state index contributed by atoms with van der Waals surface area (Å²) in [7, 11) is 2.03. The molecular weight excluding hydrogens is 333 g/mol. The number of benzene rings is 2. The first-order valence-electron chi connectivity index (χ1n) is 6.18. The number of hydrogen-bond donors (Lipinski definition) is 1. The van der Waals surface area contributed by atoms with Crippen molar-refractivity contribution in [3.8, 4) is 0 Å². The van der Waals surface area contributed by atoms with Crippen LogP contribution in [0.4, 0.5) is 0 Å². The van der Waals surface area contributed by atoms with Crippen molar-refractivity contribution in [3.63, 3.8) is 0 Å². The van der Waals surface area contributed by atoms with Crippen molar-refractivity contribution >= 4 is 22.6 Å². The van der Waals surface area contributed by atoms with E-state index < -0.39 is 0 Å². The SMILES string of the molecule is CNC(Cc1ccc(I)cc1)c1ccccc1C. The first-order chi connectivity index (χ1) is 8.70. The molecule has 2 rings (SSSR count). The van der Waals surface area contributed by atoms with Gasteiger partial charge in [0.2, 0.25) is 0 Å². The highest BCUT2D eigenvalue weighted by molar-refractivity contribution is 14.1. The van der Waals surface area contributed by atoms with Crippen LogP contribution in [0, 0.1) is 10.5 Å². The van der Waals surface area contributed by atoms with Crippen molar-refractivity contribution in [1.82, 2.24) is 5.32 Å². The molecule has 0 aliphatic carbocycles. The van der Waals surface area contributed by atoms with Gasteiger partial charge in [0, 0.05) is 9.61 Å². The normalized spacial score (nSPS) is 12.4. The summed E-state index contributed by atoms with van der Waals surface area (Å²) in [6.07, 6.45) is 1.03. The van der Waals surface area contributed by atoms with Crippen LogP contribution in [0.15, 0.2) is 48.5 Å². The lowest BCUT2D eigenvalue weighted by molar-refractivity contribution is 0.589. The van der Waals surface area contributed by atoms with E-state index in [0.717, 1.165) is 6.42 Å². The number of nitrogens with one attached hydrogen (secondary N) is 1. The quantitative estimate of drug-likeness (QED) is 0.818. The molecule has 0 amide bonds. The fourth-order valence-electron chi connectivity index (χ4n) is 2.20. The maximum atomic E-state index is 3.42. The van der Waals surface area contributed by atoms with E-state index in [2.05, 4.69) is 83.4 Å². The van der Waals surface area contributed by atoms with E-state index in [-0.39, 0.29) is 0 Å². The van der Waals surface area contributed by atoms with Gasteiger partial charge in [-0.3, -0.25) is 0 Å². The van der Waals surface area contributed by atoms with Gasteiger partial charge in [-0.2, -0.15) is 0 Å². The average molecular weight is 351 g/mol. The second kappa shape index (κ2) is 6.34. The largest absolute Gasteiger partial charge is 0.313 e. The number of halogens is 1. The first kappa shape index (κ1) is 13.6. The van der Waals surface area contributed by atoms with Gasteiger partial charge in [0.15, 0.2) is 0 Å². The van der Waals surface area contributed by atoms with Crippen LogP contribution in [0.5, 0.6) is 0 Å². The number of aryl methyl sites for hydroxylation is 1. The summed E-state index contributed by atoms with van der Waals surface area (Å²) in [6.45, 7) is 2.17. The van der Waals surface area contributed by atoms with Crippen LogP contribution >= 0.6 is 22.6 Å². The molecule has 0 saturated heterocycles. The van der Waals surface area contributed by atoms with Crippen molar-refractivity contribution in [1.29, 1.82) is 0 Å². The lowest BCUT2D eigenvalue weighted by Gasteiger charge is -2.19. The minimum atomic E-state index is 0.381. The molecule has 0 saturated carbocycles. The monoisotopic (exact) mass is 351 g/mol. The Morgan fingerprint density at radius 2 is 1.72 bits per heavy atom. The van der Waals surface area contributed by atoms with E-state index in [0.29, 0.717) is 6.04 Å². The van der Waals surface area contributed by atoms with Crippen LogP contribution in [0.2, 0.25) is 0 Å². The molecule has 1 unspecified atom stereocenters. The Hall–Kier alpha value is -0.870. The smallest absolute Gasteiger partial charge is 0.0361 e. The maximum absolute atomic E-state index is 3.42. The van der Waals surface area contributed by atoms with Gasteiger partial charge in [0.05, 0.1) is 0 Å². The molecule has 0 aliphatic heterocycles. The van der Waals surface area contributed by atoms with E-state index in [1.165, 1.54) is 20.3 Å². The van der Waals surface area contributed by atoms with E-state index in [1.807, 2.05) is 7.05 Å². The van der Waals surface area contributed by atoms with Gasteiger partial charge in [-0.25, -0.2) is 0 Å². The van der Waals surface area contributed by atoms with Crippen LogP contribution in [0.1, 0.15) is 22.7 Å². The summed E-state index contributed by atoms with van der Waals surface area (Å²) < 4.78 is 1.29.